The zero-order valence-corrected chi connectivity index (χ0v) is 15.1. The van der Waals surface area contributed by atoms with E-state index in [1.807, 2.05) is 0 Å². The number of ether oxygens (including phenoxy) is 1. The Balaban J connectivity index is 2.22. The van der Waals surface area contributed by atoms with E-state index in [0.717, 1.165) is 25.7 Å². The Labute approximate surface area is 144 Å². The summed E-state index contributed by atoms with van der Waals surface area (Å²) in [7, 11) is -2.29. The number of nitrogens with one attached hydrogen (secondary N) is 2. The van der Waals surface area contributed by atoms with Crippen molar-refractivity contribution in [3.05, 3.63) is 23.8 Å². The van der Waals surface area contributed by atoms with Gasteiger partial charge >= 0.3 is 0 Å². The normalized spacial score (nSPS) is 16.4. The Morgan fingerprint density at radius 1 is 1.21 bits per heavy atom. The molecule has 0 atom stereocenters. The highest BCUT2D eigenvalue weighted by Crippen LogP contribution is 2.25. The van der Waals surface area contributed by atoms with E-state index in [1.165, 1.54) is 32.1 Å². The maximum atomic E-state index is 12.5. The number of benzene rings is 1. The smallest absolute Gasteiger partial charge is 0.251 e. The predicted octanol–water partition coefficient (Wildman–Crippen LogP) is 2.45. The van der Waals surface area contributed by atoms with Crippen LogP contribution < -0.4 is 14.8 Å². The van der Waals surface area contributed by atoms with Crippen LogP contribution in [0.25, 0.3) is 0 Å². The fourth-order valence-electron chi connectivity index (χ4n) is 2.99. The Kier molecular flexibility index (Phi) is 6.62. The van der Waals surface area contributed by atoms with Gasteiger partial charge in [-0.2, -0.15) is 0 Å². The van der Waals surface area contributed by atoms with Crippen molar-refractivity contribution >= 4 is 15.9 Å². The van der Waals surface area contributed by atoms with Crippen LogP contribution in [0, 0.1) is 0 Å². The first-order valence-electron chi connectivity index (χ1n) is 8.46. The minimum Gasteiger partial charge on any atom is -0.495 e. The molecule has 0 radical (unpaired) electrons. The molecule has 0 spiro atoms. The minimum atomic E-state index is -3.70. The first-order valence-corrected chi connectivity index (χ1v) is 9.95. The molecule has 0 heterocycles. The summed E-state index contributed by atoms with van der Waals surface area (Å²) in [6.07, 6.45) is 6.61. The van der Waals surface area contributed by atoms with Gasteiger partial charge in [0.25, 0.3) is 5.91 Å². The van der Waals surface area contributed by atoms with E-state index in [0.29, 0.717) is 5.56 Å². The molecule has 1 aliphatic rings. The van der Waals surface area contributed by atoms with Crippen molar-refractivity contribution in [2.45, 2.75) is 56.4 Å². The standard InChI is InChI=1S/C17H26N2O4S/c1-3-18-24(21,22)16-12-13(10-11-15(16)23-2)17(20)19-14-8-6-4-5-7-9-14/h10-12,14,18H,3-9H2,1-2H3,(H,19,20). The minimum absolute atomic E-state index is 0.0135. The van der Waals surface area contributed by atoms with Gasteiger partial charge in [-0.15, -0.1) is 0 Å². The summed E-state index contributed by atoms with van der Waals surface area (Å²) in [6, 6.07) is 4.65. The molecule has 2 rings (SSSR count). The lowest BCUT2D eigenvalue weighted by Crippen LogP contribution is -2.34. The topological polar surface area (TPSA) is 84.5 Å². The summed E-state index contributed by atoms with van der Waals surface area (Å²) < 4.78 is 32.2. The summed E-state index contributed by atoms with van der Waals surface area (Å²) in [5.74, 6) is -0.0144. The predicted molar refractivity (Wildman–Crippen MR) is 92.8 cm³/mol. The molecule has 6 nitrogen and oxygen atoms in total. The Bertz CT molecular complexity index is 665. The van der Waals surface area contributed by atoms with Crippen molar-refractivity contribution in [1.82, 2.24) is 10.0 Å². The second kappa shape index (κ2) is 8.48. The van der Waals surface area contributed by atoms with Gasteiger partial charge in [-0.1, -0.05) is 32.6 Å². The fourth-order valence-corrected chi connectivity index (χ4v) is 4.22. The van der Waals surface area contributed by atoms with E-state index in [-0.39, 0.29) is 29.1 Å². The lowest BCUT2D eigenvalue weighted by molar-refractivity contribution is 0.0933. The molecule has 0 aromatic heterocycles. The number of carbonyl (C=O) groups is 1. The number of hydrogen-bond donors (Lipinski definition) is 2. The zero-order chi connectivity index (χ0) is 17.6. The van der Waals surface area contributed by atoms with Crippen molar-refractivity contribution in [3.8, 4) is 5.75 Å². The van der Waals surface area contributed by atoms with E-state index < -0.39 is 10.0 Å². The van der Waals surface area contributed by atoms with Crippen LogP contribution in [0.1, 0.15) is 55.8 Å². The molecule has 0 saturated heterocycles. The number of rotatable bonds is 6. The molecule has 1 amide bonds. The molecular formula is C17H26N2O4S. The highest BCUT2D eigenvalue weighted by molar-refractivity contribution is 7.89. The Morgan fingerprint density at radius 2 is 1.88 bits per heavy atom. The zero-order valence-electron chi connectivity index (χ0n) is 14.3. The second-order valence-corrected chi connectivity index (χ2v) is 7.76. The Hall–Kier alpha value is -1.60. The van der Waals surface area contributed by atoms with Gasteiger partial charge in [0.1, 0.15) is 10.6 Å². The molecule has 0 bridgehead atoms. The molecule has 1 saturated carbocycles. The van der Waals surface area contributed by atoms with Gasteiger partial charge in [0.05, 0.1) is 7.11 Å². The summed E-state index contributed by atoms with van der Waals surface area (Å²) >= 11 is 0. The molecule has 1 fully saturated rings. The highest BCUT2D eigenvalue weighted by atomic mass is 32.2. The van der Waals surface area contributed by atoms with Gasteiger partial charge in [-0.25, -0.2) is 13.1 Å². The Morgan fingerprint density at radius 3 is 2.46 bits per heavy atom. The van der Waals surface area contributed by atoms with Crippen LogP contribution >= 0.6 is 0 Å². The van der Waals surface area contributed by atoms with Crippen LogP contribution in [0.4, 0.5) is 0 Å². The molecule has 1 aromatic carbocycles. The molecule has 1 aromatic rings. The quantitative estimate of drug-likeness (QED) is 0.769. The fraction of sp³-hybridized carbons (Fsp3) is 0.588. The lowest BCUT2D eigenvalue weighted by Gasteiger charge is -2.17. The third-order valence-corrected chi connectivity index (χ3v) is 5.81. The highest BCUT2D eigenvalue weighted by Gasteiger charge is 2.22. The average molecular weight is 354 g/mol. The summed E-state index contributed by atoms with van der Waals surface area (Å²) in [6.45, 7) is 1.97. The monoisotopic (exact) mass is 354 g/mol. The molecule has 0 aliphatic heterocycles. The number of methoxy groups -OCH3 is 1. The van der Waals surface area contributed by atoms with Gasteiger partial charge in [-0.3, -0.25) is 4.79 Å². The lowest BCUT2D eigenvalue weighted by atomic mass is 10.1. The largest absolute Gasteiger partial charge is 0.495 e. The van der Waals surface area contributed by atoms with E-state index in [1.54, 1.807) is 13.0 Å². The van der Waals surface area contributed by atoms with Crippen LogP contribution in [0.15, 0.2) is 23.1 Å². The molecule has 134 valence electrons. The van der Waals surface area contributed by atoms with Crippen molar-refractivity contribution in [1.29, 1.82) is 0 Å². The van der Waals surface area contributed by atoms with E-state index in [2.05, 4.69) is 10.0 Å². The second-order valence-electron chi connectivity index (χ2n) is 6.03. The molecular weight excluding hydrogens is 328 g/mol. The van der Waals surface area contributed by atoms with Gasteiger partial charge in [0, 0.05) is 18.2 Å². The van der Waals surface area contributed by atoms with Crippen LogP contribution in [-0.2, 0) is 10.0 Å². The van der Waals surface area contributed by atoms with E-state index in [9.17, 15) is 13.2 Å². The summed E-state index contributed by atoms with van der Waals surface area (Å²) in [5, 5.41) is 3.03. The van der Waals surface area contributed by atoms with Crippen LogP contribution in [-0.4, -0.2) is 34.0 Å². The number of sulfonamides is 1. The summed E-state index contributed by atoms with van der Waals surface area (Å²) in [4.78, 5) is 12.5. The maximum Gasteiger partial charge on any atom is 0.251 e. The van der Waals surface area contributed by atoms with Crippen molar-refractivity contribution in [2.24, 2.45) is 0 Å². The molecule has 7 heteroatoms. The molecule has 2 N–H and O–H groups in total. The first kappa shape index (κ1) is 18.7. The van der Waals surface area contributed by atoms with Gasteiger partial charge in [0.2, 0.25) is 10.0 Å². The van der Waals surface area contributed by atoms with E-state index in [4.69, 9.17) is 4.74 Å². The van der Waals surface area contributed by atoms with Crippen LogP contribution in [0.2, 0.25) is 0 Å². The van der Waals surface area contributed by atoms with Gasteiger partial charge in [-0.05, 0) is 31.0 Å². The van der Waals surface area contributed by atoms with Crippen molar-refractivity contribution < 1.29 is 17.9 Å². The van der Waals surface area contributed by atoms with Gasteiger partial charge < -0.3 is 10.1 Å². The van der Waals surface area contributed by atoms with Crippen LogP contribution in [0.5, 0.6) is 5.75 Å². The third kappa shape index (κ3) is 4.70. The number of hydrogen-bond acceptors (Lipinski definition) is 4. The summed E-state index contributed by atoms with van der Waals surface area (Å²) in [5.41, 5.74) is 0.330. The van der Waals surface area contributed by atoms with E-state index >= 15 is 0 Å². The first-order chi connectivity index (χ1) is 11.5. The van der Waals surface area contributed by atoms with Gasteiger partial charge in [0.15, 0.2) is 0 Å². The number of carbonyl (C=O) groups excluding carboxylic acids is 1. The van der Waals surface area contributed by atoms with Crippen molar-refractivity contribution in [3.63, 3.8) is 0 Å². The SMILES string of the molecule is CCNS(=O)(=O)c1cc(C(=O)NC2CCCCCC2)ccc1OC. The van der Waals surface area contributed by atoms with Crippen molar-refractivity contribution in [2.75, 3.05) is 13.7 Å². The van der Waals surface area contributed by atoms with Crippen LogP contribution in [0.3, 0.4) is 0 Å². The average Bonchev–Trinajstić information content (AvgIpc) is 2.82. The molecule has 1 aliphatic carbocycles. The molecule has 0 unspecified atom stereocenters. The molecule has 24 heavy (non-hydrogen) atoms. The number of amides is 1. The third-order valence-electron chi connectivity index (χ3n) is 4.24. The maximum absolute atomic E-state index is 12.5.